The standard InChI is InChI=1S/C35H37Cl3N4O7.C2H6/c1-3-31(49-35-30(38)17-26(36)21-42-35)33(44)40-20-25-7-5-9-28(16-25)47-13-11-45-10-12-46-27-8-4-6-24(15-27)19-39-32(43)22-48-34-29(37)14-23(2)18-41-34;1-2/h4-9,14-18,21,31H,3,10-13,19-20,22H2,1-2H3,(H,39,43)(H,40,44);1-2H3. The predicted molar refractivity (Wildman–Crippen MR) is 198 cm³/mol. The van der Waals surface area contributed by atoms with Crippen molar-refractivity contribution in [3.05, 3.63) is 105 Å². The number of ether oxygens (including phenoxy) is 5. The van der Waals surface area contributed by atoms with Crippen LogP contribution in [0.5, 0.6) is 23.3 Å². The number of hydrogen-bond acceptors (Lipinski definition) is 9. The molecule has 2 amide bonds. The second-order valence-corrected chi connectivity index (χ2v) is 11.9. The molecule has 0 radical (unpaired) electrons. The lowest BCUT2D eigenvalue weighted by Crippen LogP contribution is -2.37. The number of hydrogen-bond donors (Lipinski definition) is 2. The third-order valence-electron chi connectivity index (χ3n) is 6.72. The van der Waals surface area contributed by atoms with Crippen molar-refractivity contribution in [2.45, 2.75) is 53.3 Å². The van der Waals surface area contributed by atoms with Crippen LogP contribution in [0.1, 0.15) is 43.9 Å². The van der Waals surface area contributed by atoms with E-state index in [1.807, 2.05) is 76.2 Å². The van der Waals surface area contributed by atoms with Crippen molar-refractivity contribution in [1.29, 1.82) is 0 Å². The molecule has 4 aromatic rings. The molecule has 4 rings (SSSR count). The highest BCUT2D eigenvalue weighted by molar-refractivity contribution is 6.35. The van der Waals surface area contributed by atoms with Crippen molar-refractivity contribution in [3.8, 4) is 23.3 Å². The molecule has 0 spiro atoms. The van der Waals surface area contributed by atoms with Crippen LogP contribution < -0.4 is 29.6 Å². The van der Waals surface area contributed by atoms with Gasteiger partial charge in [-0.05, 0) is 66.4 Å². The summed E-state index contributed by atoms with van der Waals surface area (Å²) < 4.78 is 28.4. The molecule has 14 heteroatoms. The van der Waals surface area contributed by atoms with Crippen molar-refractivity contribution in [1.82, 2.24) is 20.6 Å². The fourth-order valence-electron chi connectivity index (χ4n) is 4.29. The van der Waals surface area contributed by atoms with Gasteiger partial charge in [0.25, 0.3) is 11.8 Å². The third-order valence-corrected chi connectivity index (χ3v) is 7.47. The number of nitrogens with one attached hydrogen (secondary N) is 2. The zero-order valence-corrected chi connectivity index (χ0v) is 31.3. The number of pyridine rings is 2. The van der Waals surface area contributed by atoms with E-state index >= 15 is 0 Å². The summed E-state index contributed by atoms with van der Waals surface area (Å²) in [6.07, 6.45) is 2.69. The van der Waals surface area contributed by atoms with E-state index in [-0.39, 0.29) is 41.7 Å². The molecule has 0 saturated carbocycles. The molecule has 2 N–H and O–H groups in total. The summed E-state index contributed by atoms with van der Waals surface area (Å²) in [6.45, 7) is 9.49. The number of carbonyl (C=O) groups excluding carboxylic acids is 2. The quantitative estimate of drug-likeness (QED) is 0.0939. The third kappa shape index (κ3) is 14.8. The van der Waals surface area contributed by atoms with Crippen molar-refractivity contribution in [2.24, 2.45) is 0 Å². The number of benzene rings is 2. The van der Waals surface area contributed by atoms with E-state index in [1.54, 1.807) is 12.3 Å². The van der Waals surface area contributed by atoms with Gasteiger partial charge in [-0.2, -0.15) is 0 Å². The Hall–Kier alpha value is -4.29. The minimum absolute atomic E-state index is 0.149. The van der Waals surface area contributed by atoms with Gasteiger partial charge < -0.3 is 34.3 Å². The topological polar surface area (TPSA) is 130 Å². The molecule has 2 aromatic heterocycles. The molecule has 0 aliphatic rings. The van der Waals surface area contributed by atoms with E-state index in [2.05, 4.69) is 20.6 Å². The highest BCUT2D eigenvalue weighted by atomic mass is 35.5. The van der Waals surface area contributed by atoms with Gasteiger partial charge in [0.1, 0.15) is 34.8 Å². The van der Waals surface area contributed by atoms with E-state index in [4.69, 9.17) is 58.5 Å². The van der Waals surface area contributed by atoms with E-state index in [1.165, 1.54) is 12.3 Å². The Kier molecular flexibility index (Phi) is 18.2. The van der Waals surface area contributed by atoms with Crippen LogP contribution in [0.2, 0.25) is 15.1 Å². The number of carbonyl (C=O) groups is 2. The van der Waals surface area contributed by atoms with E-state index in [0.29, 0.717) is 60.9 Å². The van der Waals surface area contributed by atoms with Gasteiger partial charge in [0.2, 0.25) is 11.8 Å². The zero-order valence-electron chi connectivity index (χ0n) is 29.0. The second-order valence-electron chi connectivity index (χ2n) is 10.6. The summed E-state index contributed by atoms with van der Waals surface area (Å²) in [6, 6.07) is 18.1. The van der Waals surface area contributed by atoms with Crippen molar-refractivity contribution < 1.29 is 33.3 Å². The SMILES string of the molecule is CC.CCC(Oc1ncc(Cl)cc1Cl)C(=O)NCc1cccc(OCCOCCOc2cccc(CNC(=O)COc3ncc(C)cc3Cl)c2)c1. The summed E-state index contributed by atoms with van der Waals surface area (Å²) in [4.78, 5) is 33.1. The lowest BCUT2D eigenvalue weighted by atomic mass is 10.2. The van der Waals surface area contributed by atoms with Crippen LogP contribution in [-0.2, 0) is 27.4 Å². The molecular weight excluding hydrogens is 719 g/mol. The zero-order chi connectivity index (χ0) is 37.0. The number of halogens is 3. The highest BCUT2D eigenvalue weighted by Crippen LogP contribution is 2.26. The summed E-state index contributed by atoms with van der Waals surface area (Å²) in [5.74, 6) is 1.08. The largest absolute Gasteiger partial charge is 0.491 e. The fourth-order valence-corrected chi connectivity index (χ4v) is 4.99. The Morgan fingerprint density at radius 3 is 1.92 bits per heavy atom. The van der Waals surface area contributed by atoms with Crippen LogP contribution in [-0.4, -0.2) is 60.9 Å². The minimum Gasteiger partial charge on any atom is -0.491 e. The Bertz CT molecular complexity index is 1700. The van der Waals surface area contributed by atoms with Crippen molar-refractivity contribution >= 4 is 46.6 Å². The molecule has 274 valence electrons. The van der Waals surface area contributed by atoms with Gasteiger partial charge in [0, 0.05) is 25.5 Å². The van der Waals surface area contributed by atoms with Crippen LogP contribution in [0.3, 0.4) is 0 Å². The van der Waals surface area contributed by atoms with Crippen molar-refractivity contribution in [2.75, 3.05) is 33.0 Å². The fraction of sp³-hybridized carbons (Fsp3) is 0.351. The average molecular weight is 762 g/mol. The number of rotatable bonds is 19. The first-order valence-corrected chi connectivity index (χ1v) is 17.6. The Morgan fingerprint density at radius 1 is 0.745 bits per heavy atom. The highest BCUT2D eigenvalue weighted by Gasteiger charge is 2.20. The van der Waals surface area contributed by atoms with Crippen LogP contribution in [0.25, 0.3) is 0 Å². The van der Waals surface area contributed by atoms with Crippen molar-refractivity contribution in [3.63, 3.8) is 0 Å². The van der Waals surface area contributed by atoms with E-state index < -0.39 is 6.10 Å². The van der Waals surface area contributed by atoms with E-state index in [9.17, 15) is 9.59 Å². The maximum absolute atomic E-state index is 12.7. The molecule has 0 aliphatic heterocycles. The minimum atomic E-state index is -0.766. The predicted octanol–water partition coefficient (Wildman–Crippen LogP) is 7.41. The molecule has 0 saturated heterocycles. The molecule has 0 fully saturated rings. The van der Waals surface area contributed by atoms with Gasteiger partial charge in [-0.25, -0.2) is 9.97 Å². The summed E-state index contributed by atoms with van der Waals surface area (Å²) in [5, 5.41) is 6.64. The Balaban J connectivity index is 0.00000345. The second kappa shape index (κ2) is 22.5. The Morgan fingerprint density at radius 2 is 1.33 bits per heavy atom. The molecule has 1 unspecified atom stereocenters. The van der Waals surface area contributed by atoms with Gasteiger partial charge in [0.05, 0.1) is 18.2 Å². The Labute approximate surface area is 313 Å². The van der Waals surface area contributed by atoms with Crippen LogP contribution >= 0.6 is 34.8 Å². The maximum Gasteiger partial charge on any atom is 0.261 e. The average Bonchev–Trinajstić information content (AvgIpc) is 3.13. The van der Waals surface area contributed by atoms with Crippen LogP contribution in [0.4, 0.5) is 0 Å². The normalized spacial score (nSPS) is 11.0. The first-order valence-electron chi connectivity index (χ1n) is 16.5. The molecule has 2 aromatic carbocycles. The van der Waals surface area contributed by atoms with Gasteiger partial charge in [-0.1, -0.05) is 79.8 Å². The van der Waals surface area contributed by atoms with Gasteiger partial charge >= 0.3 is 0 Å². The number of aromatic nitrogens is 2. The number of aryl methyl sites for hydroxylation is 1. The number of nitrogens with zero attached hydrogens (tertiary/aromatic N) is 2. The summed E-state index contributed by atoms with van der Waals surface area (Å²) >= 11 is 18.1. The molecular formula is C37H43Cl3N4O7. The smallest absolute Gasteiger partial charge is 0.261 e. The van der Waals surface area contributed by atoms with E-state index in [0.717, 1.165) is 16.7 Å². The maximum atomic E-state index is 12.7. The lowest BCUT2D eigenvalue weighted by molar-refractivity contribution is -0.128. The molecule has 2 heterocycles. The van der Waals surface area contributed by atoms with Gasteiger partial charge in [-0.15, -0.1) is 0 Å². The first-order chi connectivity index (χ1) is 24.7. The first kappa shape index (κ1) is 41.1. The summed E-state index contributed by atoms with van der Waals surface area (Å²) in [5.41, 5.74) is 2.63. The van der Waals surface area contributed by atoms with Gasteiger partial charge in [0.15, 0.2) is 12.7 Å². The monoisotopic (exact) mass is 760 g/mol. The molecule has 1 atom stereocenters. The van der Waals surface area contributed by atoms with Crippen LogP contribution in [0, 0.1) is 6.92 Å². The summed E-state index contributed by atoms with van der Waals surface area (Å²) in [7, 11) is 0. The lowest BCUT2D eigenvalue weighted by Gasteiger charge is -2.17. The molecule has 0 bridgehead atoms. The molecule has 51 heavy (non-hydrogen) atoms. The number of amides is 2. The molecule has 11 nitrogen and oxygen atoms in total. The van der Waals surface area contributed by atoms with Crippen LogP contribution in [0.15, 0.2) is 73.1 Å². The van der Waals surface area contributed by atoms with Gasteiger partial charge in [-0.3, -0.25) is 9.59 Å². The molecule has 0 aliphatic carbocycles.